The van der Waals surface area contributed by atoms with Crippen LogP contribution in [0, 0.1) is 5.92 Å². The van der Waals surface area contributed by atoms with Crippen molar-refractivity contribution in [1.82, 2.24) is 10.2 Å². The number of rotatable bonds is 4. The Morgan fingerprint density at radius 1 is 1.33 bits per heavy atom. The van der Waals surface area contributed by atoms with Crippen LogP contribution < -0.4 is 5.32 Å². The fourth-order valence-corrected chi connectivity index (χ4v) is 3.38. The molecule has 0 amide bonds. The van der Waals surface area contributed by atoms with Crippen LogP contribution in [0.15, 0.2) is 18.2 Å². The Morgan fingerprint density at radius 3 is 2.52 bits per heavy atom. The Labute approximate surface area is 138 Å². The molecule has 1 N–H and O–H groups in total. The van der Waals surface area contributed by atoms with Gasteiger partial charge >= 0.3 is 0 Å². The number of piperazine rings is 1. The average molecular weight is 329 g/mol. The molecule has 2 rings (SSSR count). The van der Waals surface area contributed by atoms with Crippen molar-refractivity contribution in [2.45, 2.75) is 52.2 Å². The summed E-state index contributed by atoms with van der Waals surface area (Å²) in [6.07, 6.45) is 1.19. The fourth-order valence-electron chi connectivity index (χ4n) is 2.86. The van der Waals surface area contributed by atoms with Gasteiger partial charge in [0.15, 0.2) is 0 Å². The highest BCUT2D eigenvalue weighted by atomic mass is 35.5. The van der Waals surface area contributed by atoms with E-state index in [0.29, 0.717) is 12.0 Å². The molecule has 0 bridgehead atoms. The molecule has 4 heteroatoms. The number of benzene rings is 1. The minimum Gasteiger partial charge on any atom is -0.311 e. The van der Waals surface area contributed by atoms with Gasteiger partial charge in [0.2, 0.25) is 0 Å². The first-order chi connectivity index (χ1) is 9.85. The summed E-state index contributed by atoms with van der Waals surface area (Å²) in [5.74, 6) is 0.672. The van der Waals surface area contributed by atoms with E-state index in [1.807, 2.05) is 18.2 Å². The molecule has 1 aliphatic heterocycles. The van der Waals surface area contributed by atoms with E-state index in [-0.39, 0.29) is 5.54 Å². The molecule has 1 heterocycles. The number of hydrogen-bond donors (Lipinski definition) is 1. The number of nitrogens with zero attached hydrogens (tertiary/aromatic N) is 1. The maximum Gasteiger partial charge on any atom is 0.0465 e. The summed E-state index contributed by atoms with van der Waals surface area (Å²) in [7, 11) is 0. The summed E-state index contributed by atoms with van der Waals surface area (Å²) in [5.41, 5.74) is 1.14. The molecule has 1 aromatic carbocycles. The molecule has 1 saturated heterocycles. The van der Waals surface area contributed by atoms with Gasteiger partial charge in [-0.05, 0) is 31.9 Å². The van der Waals surface area contributed by atoms with Crippen LogP contribution in [0.4, 0.5) is 0 Å². The van der Waals surface area contributed by atoms with Crippen LogP contribution in [0.3, 0.4) is 0 Å². The zero-order chi connectivity index (χ0) is 15.6. The van der Waals surface area contributed by atoms with Gasteiger partial charge in [-0.1, -0.05) is 49.5 Å². The lowest BCUT2D eigenvalue weighted by molar-refractivity contribution is 0.0449. The zero-order valence-corrected chi connectivity index (χ0v) is 14.9. The smallest absolute Gasteiger partial charge is 0.0465 e. The third kappa shape index (κ3) is 3.92. The molecule has 2 atom stereocenters. The van der Waals surface area contributed by atoms with Crippen LogP contribution in [0.5, 0.6) is 0 Å². The Hall–Kier alpha value is -0.280. The van der Waals surface area contributed by atoms with Crippen LogP contribution in [-0.4, -0.2) is 29.6 Å². The zero-order valence-electron chi connectivity index (χ0n) is 13.4. The normalized spacial score (nSPS) is 24.0. The Kier molecular flexibility index (Phi) is 5.59. The van der Waals surface area contributed by atoms with Gasteiger partial charge in [0.1, 0.15) is 0 Å². The van der Waals surface area contributed by atoms with Crippen LogP contribution in [0.1, 0.15) is 39.7 Å². The number of nitrogens with one attached hydrogen (secondary N) is 1. The lowest BCUT2D eigenvalue weighted by atomic mass is 9.90. The molecule has 2 nitrogen and oxygen atoms in total. The second-order valence-electron chi connectivity index (χ2n) is 6.77. The highest BCUT2D eigenvalue weighted by Crippen LogP contribution is 2.30. The van der Waals surface area contributed by atoms with Gasteiger partial charge in [-0.3, -0.25) is 4.90 Å². The molecule has 1 fully saturated rings. The van der Waals surface area contributed by atoms with E-state index < -0.39 is 0 Å². The van der Waals surface area contributed by atoms with Crippen LogP contribution in [-0.2, 0) is 6.54 Å². The lowest BCUT2D eigenvalue weighted by Crippen LogP contribution is -2.62. The lowest BCUT2D eigenvalue weighted by Gasteiger charge is -2.47. The molecule has 0 spiro atoms. The van der Waals surface area contributed by atoms with Crippen molar-refractivity contribution in [3.8, 4) is 0 Å². The van der Waals surface area contributed by atoms with E-state index in [1.54, 1.807) is 0 Å². The summed E-state index contributed by atoms with van der Waals surface area (Å²) in [4.78, 5) is 2.51. The first kappa shape index (κ1) is 17.1. The van der Waals surface area contributed by atoms with Crippen molar-refractivity contribution >= 4 is 23.2 Å². The summed E-state index contributed by atoms with van der Waals surface area (Å²) in [5, 5.41) is 5.22. The average Bonchev–Trinajstić information content (AvgIpc) is 2.43. The SMILES string of the molecule is CCC(C)C1CN(Cc2c(Cl)cccc2Cl)C(C)(C)CN1. The van der Waals surface area contributed by atoms with Crippen LogP contribution >= 0.6 is 23.2 Å². The largest absolute Gasteiger partial charge is 0.311 e. The van der Waals surface area contributed by atoms with E-state index in [2.05, 4.69) is 37.9 Å². The maximum atomic E-state index is 6.34. The van der Waals surface area contributed by atoms with E-state index in [0.717, 1.165) is 35.2 Å². The summed E-state index contributed by atoms with van der Waals surface area (Å²) < 4.78 is 0. The number of halogens is 2. The van der Waals surface area contributed by atoms with Crippen molar-refractivity contribution in [1.29, 1.82) is 0 Å². The van der Waals surface area contributed by atoms with Gasteiger partial charge in [0.25, 0.3) is 0 Å². The summed E-state index contributed by atoms with van der Waals surface area (Å²) in [6.45, 7) is 11.9. The second-order valence-corrected chi connectivity index (χ2v) is 7.58. The van der Waals surface area contributed by atoms with Crippen LogP contribution in [0.25, 0.3) is 0 Å². The third-order valence-electron chi connectivity index (χ3n) is 4.81. The molecule has 2 unspecified atom stereocenters. The molecule has 21 heavy (non-hydrogen) atoms. The summed E-state index contributed by atoms with van der Waals surface area (Å²) >= 11 is 12.7. The predicted octanol–water partition coefficient (Wildman–Crippen LogP) is 4.59. The highest BCUT2D eigenvalue weighted by molar-refractivity contribution is 6.35. The predicted molar refractivity (Wildman–Crippen MR) is 92.2 cm³/mol. The molecule has 0 aromatic heterocycles. The molecule has 1 aliphatic rings. The molecular formula is C17H26Cl2N2. The van der Waals surface area contributed by atoms with Gasteiger partial charge in [-0.2, -0.15) is 0 Å². The second kappa shape index (κ2) is 6.87. The van der Waals surface area contributed by atoms with Crippen molar-refractivity contribution in [2.24, 2.45) is 5.92 Å². The topological polar surface area (TPSA) is 15.3 Å². The molecule has 1 aromatic rings. The minimum atomic E-state index is 0.104. The monoisotopic (exact) mass is 328 g/mol. The van der Waals surface area contributed by atoms with Crippen molar-refractivity contribution in [3.05, 3.63) is 33.8 Å². The van der Waals surface area contributed by atoms with E-state index in [9.17, 15) is 0 Å². The molecule has 0 saturated carbocycles. The van der Waals surface area contributed by atoms with Crippen molar-refractivity contribution < 1.29 is 0 Å². The molecule has 0 radical (unpaired) electrons. The van der Waals surface area contributed by atoms with Gasteiger partial charge in [0.05, 0.1) is 0 Å². The van der Waals surface area contributed by atoms with E-state index in [1.165, 1.54) is 6.42 Å². The van der Waals surface area contributed by atoms with Crippen molar-refractivity contribution in [2.75, 3.05) is 13.1 Å². The third-order valence-corrected chi connectivity index (χ3v) is 5.52. The van der Waals surface area contributed by atoms with Crippen molar-refractivity contribution in [3.63, 3.8) is 0 Å². The minimum absolute atomic E-state index is 0.104. The molecular weight excluding hydrogens is 303 g/mol. The van der Waals surface area contributed by atoms with Gasteiger partial charge < -0.3 is 5.32 Å². The van der Waals surface area contributed by atoms with E-state index in [4.69, 9.17) is 23.2 Å². The van der Waals surface area contributed by atoms with Gasteiger partial charge in [-0.15, -0.1) is 0 Å². The maximum absolute atomic E-state index is 6.34. The van der Waals surface area contributed by atoms with Gasteiger partial charge in [0, 0.05) is 46.8 Å². The Bertz CT molecular complexity index is 467. The number of hydrogen-bond acceptors (Lipinski definition) is 2. The summed E-state index contributed by atoms with van der Waals surface area (Å²) in [6, 6.07) is 6.28. The first-order valence-electron chi connectivity index (χ1n) is 7.76. The molecule has 118 valence electrons. The molecule has 0 aliphatic carbocycles. The Balaban J connectivity index is 2.19. The Morgan fingerprint density at radius 2 is 1.95 bits per heavy atom. The standard InChI is InChI=1S/C17H26Cl2N2/c1-5-12(2)16-10-21(17(3,4)11-20-16)9-13-14(18)7-6-8-15(13)19/h6-8,12,16,20H,5,9-11H2,1-4H3. The highest BCUT2D eigenvalue weighted by Gasteiger charge is 2.35. The van der Waals surface area contributed by atoms with Crippen LogP contribution in [0.2, 0.25) is 10.0 Å². The van der Waals surface area contributed by atoms with E-state index >= 15 is 0 Å². The van der Waals surface area contributed by atoms with Gasteiger partial charge in [-0.25, -0.2) is 0 Å². The first-order valence-corrected chi connectivity index (χ1v) is 8.52. The fraction of sp³-hybridized carbons (Fsp3) is 0.647. The quantitative estimate of drug-likeness (QED) is 0.869.